The highest BCUT2D eigenvalue weighted by molar-refractivity contribution is 7.89. The Balaban J connectivity index is 1.88. The average Bonchev–Trinajstić information content (AvgIpc) is 2.98. The summed E-state index contributed by atoms with van der Waals surface area (Å²) in [7, 11) is -3.55. The molecule has 0 amide bonds. The zero-order valence-corrected chi connectivity index (χ0v) is 10.9. The summed E-state index contributed by atoms with van der Waals surface area (Å²) in [5.74, 6) is 0. The Bertz CT molecular complexity index is 695. The number of nitrogens with zero attached hydrogens (tertiary/aromatic N) is 1. The van der Waals surface area contributed by atoms with Crippen molar-refractivity contribution in [2.24, 2.45) is 0 Å². The van der Waals surface area contributed by atoms with Gasteiger partial charge in [-0.3, -0.25) is 5.10 Å². The number of anilines is 1. The van der Waals surface area contributed by atoms with Crippen molar-refractivity contribution in [2.75, 3.05) is 5.73 Å². The zero-order chi connectivity index (χ0) is 13.5. The average molecular weight is 278 g/mol. The molecule has 0 fully saturated rings. The molecule has 1 unspecified atom stereocenters. The van der Waals surface area contributed by atoms with Gasteiger partial charge in [-0.25, -0.2) is 13.1 Å². The first-order valence-corrected chi connectivity index (χ1v) is 7.44. The number of benzene rings is 1. The fourth-order valence-electron chi connectivity index (χ4n) is 2.40. The van der Waals surface area contributed by atoms with Crippen LogP contribution in [-0.2, 0) is 16.4 Å². The summed E-state index contributed by atoms with van der Waals surface area (Å²) in [5.41, 5.74) is 8.54. The number of hydrogen-bond donors (Lipinski definition) is 3. The molecule has 0 saturated heterocycles. The largest absolute Gasteiger partial charge is 0.399 e. The quantitative estimate of drug-likeness (QED) is 0.728. The van der Waals surface area contributed by atoms with Crippen LogP contribution in [0.15, 0.2) is 35.5 Å². The number of fused-ring (bicyclic) bond motifs is 1. The van der Waals surface area contributed by atoms with Gasteiger partial charge in [-0.1, -0.05) is 6.07 Å². The fourth-order valence-corrected chi connectivity index (χ4v) is 3.56. The van der Waals surface area contributed by atoms with Gasteiger partial charge in [-0.2, -0.15) is 5.10 Å². The first kappa shape index (κ1) is 12.2. The number of rotatable bonds is 3. The Kier molecular flexibility index (Phi) is 2.79. The maximum atomic E-state index is 12.1. The second kappa shape index (κ2) is 4.36. The number of sulfonamides is 1. The number of aromatic amines is 1. The van der Waals surface area contributed by atoms with E-state index in [1.165, 1.54) is 12.3 Å². The third kappa shape index (κ3) is 2.22. The van der Waals surface area contributed by atoms with Crippen molar-refractivity contribution in [3.63, 3.8) is 0 Å². The lowest BCUT2D eigenvalue weighted by Crippen LogP contribution is -2.27. The lowest BCUT2D eigenvalue weighted by molar-refractivity contribution is 0.550. The monoisotopic (exact) mass is 278 g/mol. The standard InChI is InChI=1S/C12H14N4O2S/c13-9-2-3-10-8(7-9)1-4-11(10)16-19(17,18)12-5-6-14-15-12/h2-3,5-7,11,16H,1,4,13H2,(H,14,15). The zero-order valence-electron chi connectivity index (χ0n) is 10.1. The van der Waals surface area contributed by atoms with E-state index in [2.05, 4.69) is 14.9 Å². The Morgan fingerprint density at radius 1 is 1.37 bits per heavy atom. The summed E-state index contributed by atoms with van der Waals surface area (Å²) < 4.78 is 26.9. The van der Waals surface area contributed by atoms with Gasteiger partial charge in [0.25, 0.3) is 10.0 Å². The molecule has 0 saturated carbocycles. The molecule has 1 heterocycles. The predicted octanol–water partition coefficient (Wildman–Crippen LogP) is 0.958. The van der Waals surface area contributed by atoms with Crippen LogP contribution in [0.2, 0.25) is 0 Å². The number of nitrogen functional groups attached to an aromatic ring is 1. The Morgan fingerprint density at radius 2 is 2.21 bits per heavy atom. The van der Waals surface area contributed by atoms with Crippen molar-refractivity contribution in [3.05, 3.63) is 41.6 Å². The first-order chi connectivity index (χ1) is 9.06. The maximum Gasteiger partial charge on any atom is 0.258 e. The van der Waals surface area contributed by atoms with E-state index >= 15 is 0 Å². The van der Waals surface area contributed by atoms with Crippen LogP contribution in [0.5, 0.6) is 0 Å². The van der Waals surface area contributed by atoms with Crippen molar-refractivity contribution < 1.29 is 8.42 Å². The molecule has 0 aliphatic heterocycles. The molecular weight excluding hydrogens is 264 g/mol. The Hall–Kier alpha value is -1.86. The van der Waals surface area contributed by atoms with Crippen molar-refractivity contribution >= 4 is 15.7 Å². The Morgan fingerprint density at radius 3 is 2.95 bits per heavy atom. The van der Waals surface area contributed by atoms with Crippen molar-refractivity contribution in [2.45, 2.75) is 23.9 Å². The van der Waals surface area contributed by atoms with Gasteiger partial charge < -0.3 is 5.73 Å². The minimum absolute atomic E-state index is 0.0800. The van der Waals surface area contributed by atoms with Crippen LogP contribution in [0.1, 0.15) is 23.6 Å². The number of H-pyrrole nitrogens is 1. The van der Waals surface area contributed by atoms with Gasteiger partial charge >= 0.3 is 0 Å². The van der Waals surface area contributed by atoms with Crippen LogP contribution in [-0.4, -0.2) is 18.6 Å². The molecule has 1 aliphatic rings. The summed E-state index contributed by atoms with van der Waals surface area (Å²) in [6.45, 7) is 0. The third-order valence-electron chi connectivity index (χ3n) is 3.31. The molecule has 6 nitrogen and oxygen atoms in total. The van der Waals surface area contributed by atoms with Gasteiger partial charge in [0.2, 0.25) is 0 Å². The molecule has 1 atom stereocenters. The second-order valence-electron chi connectivity index (χ2n) is 4.59. The minimum atomic E-state index is -3.55. The van der Waals surface area contributed by atoms with E-state index < -0.39 is 10.0 Å². The molecule has 1 aromatic carbocycles. The molecule has 0 bridgehead atoms. The molecule has 4 N–H and O–H groups in total. The van der Waals surface area contributed by atoms with E-state index in [0.717, 1.165) is 24.0 Å². The topological polar surface area (TPSA) is 101 Å². The normalized spacial score (nSPS) is 18.4. The molecule has 19 heavy (non-hydrogen) atoms. The first-order valence-electron chi connectivity index (χ1n) is 5.96. The maximum absolute atomic E-state index is 12.1. The summed E-state index contributed by atoms with van der Waals surface area (Å²) in [5, 5.41) is 6.20. The van der Waals surface area contributed by atoms with Crippen LogP contribution in [0.25, 0.3) is 0 Å². The van der Waals surface area contributed by atoms with Crippen LogP contribution in [0, 0.1) is 0 Å². The number of aryl methyl sites for hydroxylation is 1. The highest BCUT2D eigenvalue weighted by Gasteiger charge is 2.28. The number of nitrogens with two attached hydrogens (primary N) is 1. The Labute approximate surface area is 111 Å². The molecule has 1 aromatic heterocycles. The number of nitrogens with one attached hydrogen (secondary N) is 2. The van der Waals surface area contributed by atoms with Gasteiger partial charge in [0.1, 0.15) is 0 Å². The fraction of sp³-hybridized carbons (Fsp3) is 0.250. The molecule has 0 spiro atoms. The van der Waals surface area contributed by atoms with E-state index in [4.69, 9.17) is 5.73 Å². The lowest BCUT2D eigenvalue weighted by Gasteiger charge is -2.13. The SMILES string of the molecule is Nc1ccc2c(c1)CCC2NS(=O)(=O)c1ccn[nH]1. The van der Waals surface area contributed by atoms with Crippen LogP contribution in [0.4, 0.5) is 5.69 Å². The van der Waals surface area contributed by atoms with E-state index in [9.17, 15) is 8.42 Å². The highest BCUT2D eigenvalue weighted by Crippen LogP contribution is 2.33. The minimum Gasteiger partial charge on any atom is -0.399 e. The van der Waals surface area contributed by atoms with E-state index in [1.807, 2.05) is 12.1 Å². The summed E-state index contributed by atoms with van der Waals surface area (Å²) >= 11 is 0. The summed E-state index contributed by atoms with van der Waals surface area (Å²) in [6.07, 6.45) is 2.99. The van der Waals surface area contributed by atoms with Gasteiger partial charge in [-0.05, 0) is 42.2 Å². The van der Waals surface area contributed by atoms with Crippen LogP contribution in [0.3, 0.4) is 0 Å². The smallest absolute Gasteiger partial charge is 0.258 e. The second-order valence-corrected chi connectivity index (χ2v) is 6.27. The molecule has 1 aliphatic carbocycles. The highest BCUT2D eigenvalue weighted by atomic mass is 32.2. The number of aromatic nitrogens is 2. The molecule has 100 valence electrons. The number of hydrogen-bond acceptors (Lipinski definition) is 4. The van der Waals surface area contributed by atoms with Crippen molar-refractivity contribution in [3.8, 4) is 0 Å². The van der Waals surface area contributed by atoms with Gasteiger partial charge in [-0.15, -0.1) is 0 Å². The van der Waals surface area contributed by atoms with Crippen molar-refractivity contribution in [1.82, 2.24) is 14.9 Å². The molecule has 7 heteroatoms. The van der Waals surface area contributed by atoms with Gasteiger partial charge in [0.15, 0.2) is 5.03 Å². The van der Waals surface area contributed by atoms with E-state index in [1.54, 1.807) is 6.07 Å². The molecular formula is C12H14N4O2S. The van der Waals surface area contributed by atoms with Gasteiger partial charge in [0.05, 0.1) is 6.20 Å². The lowest BCUT2D eigenvalue weighted by atomic mass is 10.1. The van der Waals surface area contributed by atoms with E-state index in [-0.39, 0.29) is 11.1 Å². The van der Waals surface area contributed by atoms with Gasteiger partial charge in [0, 0.05) is 11.7 Å². The molecule has 3 rings (SSSR count). The molecule has 0 radical (unpaired) electrons. The van der Waals surface area contributed by atoms with Crippen molar-refractivity contribution in [1.29, 1.82) is 0 Å². The third-order valence-corrected chi connectivity index (χ3v) is 4.71. The van der Waals surface area contributed by atoms with Crippen LogP contribution < -0.4 is 10.5 Å². The summed E-state index contributed by atoms with van der Waals surface area (Å²) in [4.78, 5) is 0. The van der Waals surface area contributed by atoms with Crippen LogP contribution >= 0.6 is 0 Å². The van der Waals surface area contributed by atoms with E-state index in [0.29, 0.717) is 5.69 Å². The molecule has 2 aromatic rings. The summed E-state index contributed by atoms with van der Waals surface area (Å²) in [6, 6.07) is 6.81. The predicted molar refractivity (Wildman–Crippen MR) is 70.8 cm³/mol.